The van der Waals surface area contributed by atoms with Crippen molar-refractivity contribution in [2.45, 2.75) is 19.0 Å². The molecule has 1 atom stereocenters. The molecule has 1 aromatic heterocycles. The maximum atomic E-state index is 12.0. The number of hydrogen-bond acceptors (Lipinski definition) is 3. The number of rotatable bonds is 5. The van der Waals surface area contributed by atoms with Crippen LogP contribution in [0.1, 0.15) is 18.0 Å². The van der Waals surface area contributed by atoms with Crippen LogP contribution in [-0.2, 0) is 11.3 Å². The SMILES string of the molecule is O=C1NC(=O)N(CCCn2ccnc2)C1c1ccccc1. The van der Waals surface area contributed by atoms with Gasteiger partial charge in [0.1, 0.15) is 6.04 Å². The molecule has 6 nitrogen and oxygen atoms in total. The van der Waals surface area contributed by atoms with Gasteiger partial charge in [-0.3, -0.25) is 10.1 Å². The number of urea groups is 1. The zero-order valence-electron chi connectivity index (χ0n) is 11.5. The van der Waals surface area contributed by atoms with Gasteiger partial charge < -0.3 is 9.47 Å². The van der Waals surface area contributed by atoms with E-state index >= 15 is 0 Å². The Hall–Kier alpha value is -2.63. The van der Waals surface area contributed by atoms with Crippen LogP contribution in [0.15, 0.2) is 49.1 Å². The monoisotopic (exact) mass is 284 g/mol. The van der Waals surface area contributed by atoms with Crippen LogP contribution in [0.2, 0.25) is 0 Å². The number of aromatic nitrogens is 2. The third-order valence-corrected chi connectivity index (χ3v) is 3.54. The van der Waals surface area contributed by atoms with Crippen LogP contribution in [-0.4, -0.2) is 32.9 Å². The van der Waals surface area contributed by atoms with Gasteiger partial charge in [0.15, 0.2) is 0 Å². The first-order chi connectivity index (χ1) is 10.3. The van der Waals surface area contributed by atoms with Crippen molar-refractivity contribution in [3.05, 3.63) is 54.6 Å². The fourth-order valence-electron chi connectivity index (χ4n) is 2.54. The summed E-state index contributed by atoms with van der Waals surface area (Å²) >= 11 is 0. The Kier molecular flexibility index (Phi) is 3.68. The summed E-state index contributed by atoms with van der Waals surface area (Å²) in [7, 11) is 0. The Morgan fingerprint density at radius 1 is 1.14 bits per heavy atom. The number of carbonyl (C=O) groups is 2. The summed E-state index contributed by atoms with van der Waals surface area (Å²) in [4.78, 5) is 29.5. The highest BCUT2D eigenvalue weighted by Gasteiger charge is 2.38. The summed E-state index contributed by atoms with van der Waals surface area (Å²) < 4.78 is 1.95. The van der Waals surface area contributed by atoms with Crippen LogP contribution in [0.3, 0.4) is 0 Å². The maximum absolute atomic E-state index is 12.0. The van der Waals surface area contributed by atoms with E-state index in [2.05, 4.69) is 10.3 Å². The minimum Gasteiger partial charge on any atom is -0.337 e. The Balaban J connectivity index is 1.69. The van der Waals surface area contributed by atoms with Crippen LogP contribution in [0.25, 0.3) is 0 Å². The second-order valence-electron chi connectivity index (χ2n) is 4.96. The average molecular weight is 284 g/mol. The van der Waals surface area contributed by atoms with Gasteiger partial charge >= 0.3 is 6.03 Å². The summed E-state index contributed by atoms with van der Waals surface area (Å²) in [6, 6.07) is 8.52. The summed E-state index contributed by atoms with van der Waals surface area (Å²) in [5.41, 5.74) is 0.837. The predicted octanol–water partition coefficient (Wildman–Crippen LogP) is 1.57. The van der Waals surface area contributed by atoms with Crippen molar-refractivity contribution < 1.29 is 9.59 Å². The molecule has 0 aliphatic carbocycles. The zero-order chi connectivity index (χ0) is 14.7. The zero-order valence-corrected chi connectivity index (χ0v) is 11.5. The van der Waals surface area contributed by atoms with E-state index in [9.17, 15) is 9.59 Å². The summed E-state index contributed by atoms with van der Waals surface area (Å²) in [5.74, 6) is -0.256. The van der Waals surface area contributed by atoms with Crippen LogP contribution >= 0.6 is 0 Å². The molecule has 1 N–H and O–H groups in total. The standard InChI is InChI=1S/C15H16N4O2/c20-14-13(12-5-2-1-3-6-12)19(15(21)17-14)9-4-8-18-10-7-16-11-18/h1-3,5-7,10-11,13H,4,8-9H2,(H,17,20,21). The van der Waals surface area contributed by atoms with Gasteiger partial charge in [0, 0.05) is 25.5 Å². The molecule has 1 unspecified atom stereocenters. The van der Waals surface area contributed by atoms with Gasteiger partial charge in [-0.1, -0.05) is 30.3 Å². The maximum Gasteiger partial charge on any atom is 0.325 e. The van der Waals surface area contributed by atoms with Gasteiger partial charge in [0.25, 0.3) is 5.91 Å². The lowest BCUT2D eigenvalue weighted by Gasteiger charge is -2.22. The Labute approximate surface area is 122 Å². The number of aryl methyl sites for hydroxylation is 1. The largest absolute Gasteiger partial charge is 0.337 e. The molecule has 21 heavy (non-hydrogen) atoms. The smallest absolute Gasteiger partial charge is 0.325 e. The number of nitrogens with zero attached hydrogens (tertiary/aromatic N) is 3. The molecule has 2 aromatic rings. The number of hydrogen-bond donors (Lipinski definition) is 1. The molecule has 1 fully saturated rings. The van der Waals surface area contributed by atoms with Crippen molar-refractivity contribution in [3.8, 4) is 0 Å². The second kappa shape index (κ2) is 5.78. The van der Waals surface area contributed by atoms with E-state index in [1.165, 1.54) is 0 Å². The number of imidazole rings is 1. The minimum absolute atomic E-state index is 0.256. The van der Waals surface area contributed by atoms with Crippen LogP contribution in [0.5, 0.6) is 0 Å². The molecule has 3 rings (SSSR count). The van der Waals surface area contributed by atoms with Crippen LogP contribution in [0, 0.1) is 0 Å². The molecular formula is C15H16N4O2. The summed E-state index contributed by atoms with van der Waals surface area (Å²) in [6.45, 7) is 1.29. The fourth-order valence-corrected chi connectivity index (χ4v) is 2.54. The second-order valence-corrected chi connectivity index (χ2v) is 4.96. The molecule has 2 heterocycles. The first-order valence-corrected chi connectivity index (χ1v) is 6.88. The third kappa shape index (κ3) is 2.79. The highest BCUT2D eigenvalue weighted by molar-refractivity contribution is 6.04. The molecule has 1 aliphatic rings. The quantitative estimate of drug-likeness (QED) is 0.847. The van der Waals surface area contributed by atoms with Crippen molar-refractivity contribution in [1.82, 2.24) is 19.8 Å². The number of imide groups is 1. The van der Waals surface area contributed by atoms with E-state index in [-0.39, 0.29) is 11.9 Å². The lowest BCUT2D eigenvalue weighted by atomic mass is 10.1. The van der Waals surface area contributed by atoms with Gasteiger partial charge in [-0.15, -0.1) is 0 Å². The van der Waals surface area contributed by atoms with Gasteiger partial charge in [-0.2, -0.15) is 0 Å². The van der Waals surface area contributed by atoms with Crippen molar-refractivity contribution >= 4 is 11.9 Å². The molecule has 3 amide bonds. The molecule has 0 radical (unpaired) electrons. The average Bonchev–Trinajstić information content (AvgIpc) is 3.09. The predicted molar refractivity (Wildman–Crippen MR) is 76.3 cm³/mol. The third-order valence-electron chi connectivity index (χ3n) is 3.54. The van der Waals surface area contributed by atoms with E-state index in [0.29, 0.717) is 6.54 Å². The van der Waals surface area contributed by atoms with Crippen LogP contribution < -0.4 is 5.32 Å². The number of amides is 3. The Morgan fingerprint density at radius 2 is 1.95 bits per heavy atom. The highest BCUT2D eigenvalue weighted by Crippen LogP contribution is 2.25. The molecule has 0 spiro atoms. The molecule has 108 valence electrons. The molecular weight excluding hydrogens is 268 g/mol. The minimum atomic E-state index is -0.526. The number of carbonyl (C=O) groups excluding carboxylic acids is 2. The van der Waals surface area contributed by atoms with Gasteiger partial charge in [0.2, 0.25) is 0 Å². The topological polar surface area (TPSA) is 67.2 Å². The molecule has 0 saturated carbocycles. The van der Waals surface area contributed by atoms with E-state index in [1.807, 2.05) is 41.1 Å². The molecule has 1 saturated heterocycles. The molecule has 0 bridgehead atoms. The number of nitrogens with one attached hydrogen (secondary N) is 1. The van der Waals surface area contributed by atoms with Crippen molar-refractivity contribution in [1.29, 1.82) is 0 Å². The van der Waals surface area contributed by atoms with E-state index in [0.717, 1.165) is 18.5 Å². The van der Waals surface area contributed by atoms with Gasteiger partial charge in [0.05, 0.1) is 6.33 Å². The van der Waals surface area contributed by atoms with Gasteiger partial charge in [-0.25, -0.2) is 9.78 Å². The van der Waals surface area contributed by atoms with Crippen LogP contribution in [0.4, 0.5) is 4.79 Å². The highest BCUT2D eigenvalue weighted by atomic mass is 16.2. The first kappa shape index (κ1) is 13.4. The normalized spacial score (nSPS) is 18.1. The number of benzene rings is 1. The van der Waals surface area contributed by atoms with Gasteiger partial charge in [-0.05, 0) is 12.0 Å². The van der Waals surface area contributed by atoms with E-state index in [1.54, 1.807) is 17.4 Å². The summed E-state index contributed by atoms with van der Waals surface area (Å²) in [6.07, 6.45) is 6.10. The Bertz CT molecular complexity index is 624. The van der Waals surface area contributed by atoms with Crippen molar-refractivity contribution in [2.24, 2.45) is 0 Å². The molecule has 6 heteroatoms. The van der Waals surface area contributed by atoms with E-state index in [4.69, 9.17) is 0 Å². The Morgan fingerprint density at radius 3 is 2.67 bits per heavy atom. The van der Waals surface area contributed by atoms with Crippen molar-refractivity contribution in [2.75, 3.05) is 6.54 Å². The molecule has 1 aromatic carbocycles. The lowest BCUT2D eigenvalue weighted by molar-refractivity contribution is -0.121. The summed E-state index contributed by atoms with van der Waals surface area (Å²) in [5, 5.41) is 2.39. The first-order valence-electron chi connectivity index (χ1n) is 6.88. The van der Waals surface area contributed by atoms with Crippen molar-refractivity contribution in [3.63, 3.8) is 0 Å². The fraction of sp³-hybridized carbons (Fsp3) is 0.267. The molecule has 1 aliphatic heterocycles. The van der Waals surface area contributed by atoms with E-state index < -0.39 is 6.04 Å². The lowest BCUT2D eigenvalue weighted by Crippen LogP contribution is -2.31.